The van der Waals surface area contributed by atoms with E-state index in [2.05, 4.69) is 35.5 Å². The number of carbonyl (C=O) groups excluding carboxylic acids is 2. The van der Waals surface area contributed by atoms with Crippen LogP contribution in [0.2, 0.25) is 0 Å². The number of aromatic amines is 1. The molecule has 0 atom stereocenters. The Bertz CT molecular complexity index is 1070. The fourth-order valence-corrected chi connectivity index (χ4v) is 3.62. The average Bonchev–Trinajstić information content (AvgIpc) is 3.19. The van der Waals surface area contributed by atoms with Crippen molar-refractivity contribution in [3.63, 3.8) is 0 Å². The van der Waals surface area contributed by atoms with Crippen molar-refractivity contribution < 1.29 is 9.59 Å². The third-order valence-electron chi connectivity index (χ3n) is 5.24. The summed E-state index contributed by atoms with van der Waals surface area (Å²) in [6.07, 6.45) is 4.23. The van der Waals surface area contributed by atoms with Crippen LogP contribution in [0.15, 0.2) is 30.6 Å². The fraction of sp³-hybridized carbons (Fsp3) is 0.381. The van der Waals surface area contributed by atoms with Gasteiger partial charge in [0.25, 0.3) is 0 Å². The Morgan fingerprint density at radius 2 is 1.87 bits per heavy atom. The molecule has 3 amide bonds. The van der Waals surface area contributed by atoms with Crippen molar-refractivity contribution in [3.8, 4) is 11.4 Å². The minimum absolute atomic E-state index is 0.0964. The van der Waals surface area contributed by atoms with Crippen LogP contribution in [-0.4, -0.2) is 69.5 Å². The fourth-order valence-electron chi connectivity index (χ4n) is 3.62. The Hall–Kier alpha value is -3.69. The third-order valence-corrected chi connectivity index (χ3v) is 5.24. The van der Waals surface area contributed by atoms with Gasteiger partial charge in [0, 0.05) is 63.3 Å². The lowest BCUT2D eigenvalue weighted by Crippen LogP contribution is -2.48. The van der Waals surface area contributed by atoms with Crippen molar-refractivity contribution in [2.24, 2.45) is 0 Å². The summed E-state index contributed by atoms with van der Waals surface area (Å²) in [4.78, 5) is 44.3. The van der Waals surface area contributed by atoms with Gasteiger partial charge in [-0.05, 0) is 24.6 Å². The molecular formula is C21H26N8O2. The second-order valence-corrected chi connectivity index (χ2v) is 7.42. The van der Waals surface area contributed by atoms with Crippen molar-refractivity contribution in [3.05, 3.63) is 30.6 Å². The van der Waals surface area contributed by atoms with Gasteiger partial charge in [0.1, 0.15) is 5.52 Å². The molecule has 1 fully saturated rings. The number of carbonyl (C=O) groups is 2. The molecule has 1 aromatic carbocycles. The number of anilines is 2. The standard InChI is InChI=1S/C21H26N8O2/c1-3-5-24-21(31)27-20-25-17-13-15(29-10-8-28(9-11-29)14(2)30)12-16(18(17)26-20)19-22-6-4-7-23-19/h4,6-7,12-13H,3,5,8-11H2,1-2H3,(H3,24,25,26,27,31). The average molecular weight is 422 g/mol. The molecule has 1 saturated heterocycles. The van der Waals surface area contributed by atoms with Crippen molar-refractivity contribution >= 4 is 34.6 Å². The molecule has 1 aliphatic rings. The van der Waals surface area contributed by atoms with Gasteiger partial charge in [-0.3, -0.25) is 10.1 Å². The lowest BCUT2D eigenvalue weighted by molar-refractivity contribution is -0.129. The van der Waals surface area contributed by atoms with E-state index in [-0.39, 0.29) is 11.9 Å². The highest BCUT2D eigenvalue weighted by Gasteiger charge is 2.21. The molecule has 1 aliphatic heterocycles. The first kappa shape index (κ1) is 20.6. The second-order valence-electron chi connectivity index (χ2n) is 7.42. The summed E-state index contributed by atoms with van der Waals surface area (Å²) in [5.41, 5.74) is 3.23. The van der Waals surface area contributed by atoms with Gasteiger partial charge >= 0.3 is 6.03 Å². The van der Waals surface area contributed by atoms with Crippen molar-refractivity contribution in [1.29, 1.82) is 0 Å². The van der Waals surface area contributed by atoms with Crippen LogP contribution >= 0.6 is 0 Å². The Morgan fingerprint density at radius 1 is 1.13 bits per heavy atom. The van der Waals surface area contributed by atoms with E-state index in [1.54, 1.807) is 25.4 Å². The number of H-pyrrole nitrogens is 1. The number of aromatic nitrogens is 4. The number of fused-ring (bicyclic) bond motifs is 1. The number of hydrogen-bond acceptors (Lipinski definition) is 6. The van der Waals surface area contributed by atoms with Gasteiger partial charge in [0.15, 0.2) is 5.82 Å². The molecule has 10 nitrogen and oxygen atoms in total. The van der Waals surface area contributed by atoms with E-state index in [0.29, 0.717) is 36.9 Å². The van der Waals surface area contributed by atoms with E-state index in [1.165, 1.54) is 0 Å². The summed E-state index contributed by atoms with van der Waals surface area (Å²) in [6, 6.07) is 5.48. The van der Waals surface area contributed by atoms with Crippen LogP contribution in [0.5, 0.6) is 0 Å². The van der Waals surface area contributed by atoms with Gasteiger partial charge < -0.3 is 20.1 Å². The quantitative estimate of drug-likeness (QED) is 0.580. The molecule has 10 heteroatoms. The molecule has 0 radical (unpaired) electrons. The molecule has 0 bridgehead atoms. The number of urea groups is 1. The van der Waals surface area contributed by atoms with Crippen LogP contribution in [0.4, 0.5) is 16.4 Å². The molecule has 0 aliphatic carbocycles. The normalized spacial score (nSPS) is 14.0. The zero-order chi connectivity index (χ0) is 21.8. The smallest absolute Gasteiger partial charge is 0.321 e. The van der Waals surface area contributed by atoms with Gasteiger partial charge in [-0.2, -0.15) is 0 Å². The minimum Gasteiger partial charge on any atom is -0.368 e. The highest BCUT2D eigenvalue weighted by molar-refractivity contribution is 5.96. The second kappa shape index (κ2) is 8.99. The van der Waals surface area contributed by atoms with E-state index in [1.807, 2.05) is 24.0 Å². The van der Waals surface area contributed by atoms with E-state index in [9.17, 15) is 9.59 Å². The summed E-state index contributed by atoms with van der Waals surface area (Å²) in [7, 11) is 0. The molecule has 2 aromatic heterocycles. The van der Waals surface area contributed by atoms with Crippen LogP contribution < -0.4 is 15.5 Å². The maximum Gasteiger partial charge on any atom is 0.321 e. The van der Waals surface area contributed by atoms with Gasteiger partial charge in [-0.15, -0.1) is 0 Å². The number of piperazine rings is 1. The molecule has 3 heterocycles. The molecule has 162 valence electrons. The van der Waals surface area contributed by atoms with Crippen molar-refractivity contribution in [2.45, 2.75) is 20.3 Å². The predicted octanol–water partition coefficient (Wildman–Crippen LogP) is 2.22. The summed E-state index contributed by atoms with van der Waals surface area (Å²) in [6.45, 7) is 7.01. The van der Waals surface area contributed by atoms with E-state index >= 15 is 0 Å². The zero-order valence-electron chi connectivity index (χ0n) is 17.7. The van der Waals surface area contributed by atoms with Crippen molar-refractivity contribution in [1.82, 2.24) is 30.2 Å². The van der Waals surface area contributed by atoms with Crippen LogP contribution in [0.25, 0.3) is 22.4 Å². The van der Waals surface area contributed by atoms with E-state index in [0.717, 1.165) is 36.3 Å². The lowest BCUT2D eigenvalue weighted by atomic mass is 10.1. The zero-order valence-corrected chi connectivity index (χ0v) is 17.7. The van der Waals surface area contributed by atoms with Crippen molar-refractivity contribution in [2.75, 3.05) is 42.9 Å². The number of hydrogen-bond donors (Lipinski definition) is 3. The molecular weight excluding hydrogens is 396 g/mol. The van der Waals surface area contributed by atoms with Gasteiger partial charge in [0.2, 0.25) is 11.9 Å². The highest BCUT2D eigenvalue weighted by atomic mass is 16.2. The van der Waals surface area contributed by atoms with Crippen LogP contribution in [0, 0.1) is 0 Å². The van der Waals surface area contributed by atoms with Gasteiger partial charge in [-0.1, -0.05) is 6.92 Å². The first-order valence-electron chi connectivity index (χ1n) is 10.4. The molecule has 4 rings (SSSR count). The van der Waals surface area contributed by atoms with Crippen LogP contribution in [0.1, 0.15) is 20.3 Å². The Labute approximate surface area is 180 Å². The minimum atomic E-state index is -0.306. The summed E-state index contributed by atoms with van der Waals surface area (Å²) in [5, 5.41) is 5.52. The first-order chi connectivity index (χ1) is 15.0. The molecule has 31 heavy (non-hydrogen) atoms. The highest BCUT2D eigenvalue weighted by Crippen LogP contribution is 2.32. The molecule has 3 aromatic rings. The molecule has 0 saturated carbocycles. The molecule has 0 spiro atoms. The number of nitrogens with one attached hydrogen (secondary N) is 3. The number of imidazole rings is 1. The van der Waals surface area contributed by atoms with E-state index < -0.39 is 0 Å². The number of nitrogens with zero attached hydrogens (tertiary/aromatic N) is 5. The summed E-state index contributed by atoms with van der Waals surface area (Å²) < 4.78 is 0. The number of benzene rings is 1. The Kier molecular flexibility index (Phi) is 5.96. The summed E-state index contributed by atoms with van der Waals surface area (Å²) >= 11 is 0. The lowest BCUT2D eigenvalue weighted by Gasteiger charge is -2.35. The predicted molar refractivity (Wildman–Crippen MR) is 119 cm³/mol. The molecule has 0 unspecified atom stereocenters. The van der Waals surface area contributed by atoms with Crippen LogP contribution in [0.3, 0.4) is 0 Å². The molecule has 3 N–H and O–H groups in total. The number of amides is 3. The monoisotopic (exact) mass is 422 g/mol. The first-order valence-corrected chi connectivity index (χ1v) is 10.4. The Morgan fingerprint density at radius 3 is 2.55 bits per heavy atom. The van der Waals surface area contributed by atoms with Gasteiger partial charge in [-0.25, -0.2) is 19.7 Å². The maximum absolute atomic E-state index is 12.1. The maximum atomic E-state index is 12.1. The van der Waals surface area contributed by atoms with Gasteiger partial charge in [0.05, 0.1) is 5.52 Å². The number of rotatable bonds is 5. The van der Waals surface area contributed by atoms with Crippen LogP contribution in [-0.2, 0) is 4.79 Å². The SMILES string of the molecule is CCCNC(=O)Nc1nc2c(-c3ncccn3)cc(N3CCN(C(C)=O)CC3)cc2[nH]1. The largest absolute Gasteiger partial charge is 0.368 e. The topological polar surface area (TPSA) is 119 Å². The summed E-state index contributed by atoms with van der Waals surface area (Å²) in [5.74, 6) is 1.02. The van der Waals surface area contributed by atoms with E-state index in [4.69, 9.17) is 0 Å². The Balaban J connectivity index is 1.68. The third kappa shape index (κ3) is 4.57.